The van der Waals surface area contributed by atoms with Crippen molar-refractivity contribution in [3.05, 3.63) is 82.3 Å². The molecule has 0 saturated carbocycles. The van der Waals surface area contributed by atoms with E-state index < -0.39 is 10.0 Å². The molecule has 3 aromatic carbocycles. The van der Waals surface area contributed by atoms with Gasteiger partial charge in [0.1, 0.15) is 0 Å². The number of halogens is 2. The topological polar surface area (TPSA) is 55.8 Å². The lowest BCUT2D eigenvalue weighted by molar-refractivity contribution is 0.355. The van der Waals surface area contributed by atoms with Crippen LogP contribution in [0.25, 0.3) is 0 Å². The van der Waals surface area contributed by atoms with Crippen LogP contribution in [-0.4, -0.2) is 22.6 Å². The normalized spacial score (nSPS) is 11.2. The minimum Gasteiger partial charge on any atom is -0.493 e. The Morgan fingerprint density at radius 3 is 2.17 bits per heavy atom. The highest BCUT2D eigenvalue weighted by molar-refractivity contribution is 7.92. The van der Waals surface area contributed by atoms with Gasteiger partial charge in [-0.25, -0.2) is 8.42 Å². The van der Waals surface area contributed by atoms with Crippen molar-refractivity contribution in [1.29, 1.82) is 0 Å². The number of anilines is 1. The molecular formula is C21H19Cl2NO4S. The molecule has 0 heterocycles. The van der Waals surface area contributed by atoms with Crippen LogP contribution in [0.15, 0.2) is 71.6 Å². The van der Waals surface area contributed by atoms with Crippen LogP contribution in [0.4, 0.5) is 5.69 Å². The van der Waals surface area contributed by atoms with Gasteiger partial charge in [-0.1, -0.05) is 47.5 Å². The van der Waals surface area contributed by atoms with Gasteiger partial charge in [-0.15, -0.1) is 0 Å². The summed E-state index contributed by atoms with van der Waals surface area (Å²) in [6.07, 6.45) is 0. The van der Waals surface area contributed by atoms with Crippen LogP contribution in [-0.2, 0) is 16.6 Å². The molecule has 0 aliphatic carbocycles. The first-order valence-corrected chi connectivity index (χ1v) is 10.8. The quantitative estimate of drug-likeness (QED) is 0.481. The molecule has 0 saturated heterocycles. The van der Waals surface area contributed by atoms with Crippen molar-refractivity contribution in [2.75, 3.05) is 18.5 Å². The van der Waals surface area contributed by atoms with E-state index in [0.29, 0.717) is 32.8 Å². The zero-order valence-corrected chi connectivity index (χ0v) is 18.1. The number of methoxy groups -OCH3 is 2. The van der Waals surface area contributed by atoms with E-state index in [1.165, 1.54) is 18.5 Å². The summed E-state index contributed by atoms with van der Waals surface area (Å²) in [5.74, 6) is 0.915. The van der Waals surface area contributed by atoms with Crippen LogP contribution >= 0.6 is 23.2 Å². The van der Waals surface area contributed by atoms with Gasteiger partial charge in [0.05, 0.1) is 31.3 Å². The molecule has 5 nitrogen and oxygen atoms in total. The molecule has 0 fully saturated rings. The second-order valence-corrected chi connectivity index (χ2v) is 8.81. The van der Waals surface area contributed by atoms with Crippen molar-refractivity contribution in [3.8, 4) is 11.5 Å². The van der Waals surface area contributed by atoms with E-state index in [1.54, 1.807) is 66.7 Å². The fourth-order valence-electron chi connectivity index (χ4n) is 2.82. The van der Waals surface area contributed by atoms with Gasteiger partial charge in [-0.3, -0.25) is 4.31 Å². The van der Waals surface area contributed by atoms with E-state index in [2.05, 4.69) is 0 Å². The Hall–Kier alpha value is -2.41. The summed E-state index contributed by atoms with van der Waals surface area (Å²) in [5, 5.41) is 0.855. The summed E-state index contributed by atoms with van der Waals surface area (Å²) in [6, 6.07) is 18.1. The van der Waals surface area contributed by atoms with Gasteiger partial charge < -0.3 is 9.47 Å². The van der Waals surface area contributed by atoms with Crippen LogP contribution in [0.3, 0.4) is 0 Å². The molecular weight excluding hydrogens is 433 g/mol. The van der Waals surface area contributed by atoms with Gasteiger partial charge in [0.15, 0.2) is 11.5 Å². The molecule has 3 rings (SSSR count). The average molecular weight is 452 g/mol. The molecule has 0 N–H and O–H groups in total. The Morgan fingerprint density at radius 2 is 1.55 bits per heavy atom. The first kappa shape index (κ1) is 21.3. The number of sulfonamides is 1. The van der Waals surface area contributed by atoms with E-state index in [4.69, 9.17) is 32.7 Å². The Labute approximate surface area is 180 Å². The standard InChI is InChI=1S/C21H19Cl2NO4S/c1-27-20-11-10-17(13-21(20)28-2)24(14-15-8-9-16(22)12-19(15)23)29(25,26)18-6-4-3-5-7-18/h3-13H,14H2,1-2H3. The molecule has 8 heteroatoms. The highest BCUT2D eigenvalue weighted by Gasteiger charge is 2.26. The first-order valence-electron chi connectivity index (χ1n) is 8.60. The van der Waals surface area contributed by atoms with E-state index in [9.17, 15) is 8.42 Å². The highest BCUT2D eigenvalue weighted by atomic mass is 35.5. The van der Waals surface area contributed by atoms with Gasteiger partial charge in [0.2, 0.25) is 0 Å². The van der Waals surface area contributed by atoms with Gasteiger partial charge in [-0.2, -0.15) is 0 Å². The van der Waals surface area contributed by atoms with Crippen molar-refractivity contribution in [2.24, 2.45) is 0 Å². The predicted molar refractivity (Wildman–Crippen MR) is 116 cm³/mol. The summed E-state index contributed by atoms with van der Waals surface area (Å²) < 4.78 is 38.8. The third-order valence-electron chi connectivity index (χ3n) is 4.32. The summed E-state index contributed by atoms with van der Waals surface area (Å²) in [4.78, 5) is 0.167. The third kappa shape index (κ3) is 4.61. The maximum atomic E-state index is 13.5. The molecule has 0 unspecified atom stereocenters. The molecule has 0 aromatic heterocycles. The zero-order valence-electron chi connectivity index (χ0n) is 15.8. The molecule has 0 bridgehead atoms. The lowest BCUT2D eigenvalue weighted by Crippen LogP contribution is -2.30. The SMILES string of the molecule is COc1ccc(N(Cc2ccc(Cl)cc2Cl)S(=O)(=O)c2ccccc2)cc1OC. The molecule has 3 aromatic rings. The van der Waals surface area contributed by atoms with E-state index in [1.807, 2.05) is 0 Å². The number of nitrogens with zero attached hydrogens (tertiary/aromatic N) is 1. The number of benzene rings is 3. The Morgan fingerprint density at radius 1 is 0.862 bits per heavy atom. The Bertz CT molecular complexity index is 1100. The maximum Gasteiger partial charge on any atom is 0.264 e. The van der Waals surface area contributed by atoms with Crippen molar-refractivity contribution >= 4 is 38.9 Å². The molecule has 0 radical (unpaired) electrons. The molecule has 152 valence electrons. The third-order valence-corrected chi connectivity index (χ3v) is 6.69. The highest BCUT2D eigenvalue weighted by Crippen LogP contribution is 2.35. The van der Waals surface area contributed by atoms with Gasteiger partial charge >= 0.3 is 0 Å². The van der Waals surface area contributed by atoms with Crippen molar-refractivity contribution in [3.63, 3.8) is 0 Å². The molecule has 0 aliphatic heterocycles. The zero-order chi connectivity index (χ0) is 21.0. The first-order chi connectivity index (χ1) is 13.9. The molecule has 0 aliphatic rings. The fraction of sp³-hybridized carbons (Fsp3) is 0.143. The van der Waals surface area contributed by atoms with E-state index >= 15 is 0 Å². The second kappa shape index (κ2) is 8.95. The van der Waals surface area contributed by atoms with Crippen LogP contribution in [0.5, 0.6) is 11.5 Å². The predicted octanol–water partition coefficient (Wildman–Crippen LogP) is 5.41. The number of hydrogen-bond donors (Lipinski definition) is 0. The summed E-state index contributed by atoms with van der Waals surface area (Å²) in [6.45, 7) is 0.0166. The van der Waals surface area contributed by atoms with Gasteiger partial charge in [0, 0.05) is 16.1 Å². The van der Waals surface area contributed by atoms with Gasteiger partial charge in [-0.05, 0) is 42.0 Å². The van der Waals surface area contributed by atoms with Crippen LogP contribution < -0.4 is 13.8 Å². The smallest absolute Gasteiger partial charge is 0.264 e. The molecule has 0 amide bonds. The minimum absolute atomic E-state index is 0.0166. The minimum atomic E-state index is -3.88. The number of rotatable bonds is 7. The lowest BCUT2D eigenvalue weighted by atomic mass is 10.2. The van der Waals surface area contributed by atoms with Crippen molar-refractivity contribution in [1.82, 2.24) is 0 Å². The van der Waals surface area contributed by atoms with E-state index in [0.717, 1.165) is 0 Å². The summed E-state index contributed by atoms with van der Waals surface area (Å²) in [7, 11) is -0.867. The number of ether oxygens (including phenoxy) is 2. The van der Waals surface area contributed by atoms with E-state index in [-0.39, 0.29) is 11.4 Å². The average Bonchev–Trinajstić information content (AvgIpc) is 2.73. The monoisotopic (exact) mass is 451 g/mol. The largest absolute Gasteiger partial charge is 0.493 e. The Balaban J connectivity index is 2.14. The molecule has 29 heavy (non-hydrogen) atoms. The summed E-state index contributed by atoms with van der Waals surface area (Å²) in [5.41, 5.74) is 1.03. The van der Waals surface area contributed by atoms with Crippen molar-refractivity contribution < 1.29 is 17.9 Å². The fourth-order valence-corrected chi connectivity index (χ4v) is 4.74. The summed E-state index contributed by atoms with van der Waals surface area (Å²) >= 11 is 12.3. The number of hydrogen-bond acceptors (Lipinski definition) is 4. The second-order valence-electron chi connectivity index (χ2n) is 6.10. The van der Waals surface area contributed by atoms with Crippen molar-refractivity contribution in [2.45, 2.75) is 11.4 Å². The molecule has 0 spiro atoms. The molecule has 0 atom stereocenters. The lowest BCUT2D eigenvalue weighted by Gasteiger charge is -2.26. The van der Waals surface area contributed by atoms with Gasteiger partial charge in [0.25, 0.3) is 10.0 Å². The maximum absolute atomic E-state index is 13.5. The van der Waals surface area contributed by atoms with Crippen LogP contribution in [0, 0.1) is 0 Å². The Kier molecular flexibility index (Phi) is 6.57. The van der Waals surface area contributed by atoms with Crippen LogP contribution in [0.1, 0.15) is 5.56 Å². The van der Waals surface area contributed by atoms with Crippen LogP contribution in [0.2, 0.25) is 10.0 Å².